The molecule has 1 saturated heterocycles. The Kier molecular flexibility index (Phi) is 5.39. The fourth-order valence-corrected chi connectivity index (χ4v) is 3.34. The van der Waals surface area contributed by atoms with Crippen molar-refractivity contribution in [3.8, 4) is 6.07 Å². The number of aromatic nitrogens is 2. The van der Waals surface area contributed by atoms with Crippen molar-refractivity contribution in [2.24, 2.45) is 0 Å². The highest BCUT2D eigenvalue weighted by molar-refractivity contribution is 5.42. The summed E-state index contributed by atoms with van der Waals surface area (Å²) >= 11 is 0. The van der Waals surface area contributed by atoms with Crippen LogP contribution in [0, 0.1) is 11.3 Å². The van der Waals surface area contributed by atoms with Gasteiger partial charge in [-0.2, -0.15) is 5.26 Å². The van der Waals surface area contributed by atoms with E-state index in [0.717, 1.165) is 38.4 Å². The number of nitrogens with zero attached hydrogens (tertiary/aromatic N) is 5. The summed E-state index contributed by atoms with van der Waals surface area (Å²) in [6.45, 7) is 6.15. The summed E-state index contributed by atoms with van der Waals surface area (Å²) in [7, 11) is 0. The lowest BCUT2D eigenvalue weighted by atomic mass is 10.0. The third-order valence-electron chi connectivity index (χ3n) is 4.63. The van der Waals surface area contributed by atoms with Crippen LogP contribution in [0.5, 0.6) is 0 Å². The maximum atomic E-state index is 9.06. The van der Waals surface area contributed by atoms with E-state index in [4.69, 9.17) is 5.26 Å². The van der Waals surface area contributed by atoms with Gasteiger partial charge >= 0.3 is 0 Å². The maximum absolute atomic E-state index is 9.06. The van der Waals surface area contributed by atoms with Gasteiger partial charge in [0.2, 0.25) is 0 Å². The molecule has 0 N–H and O–H groups in total. The van der Waals surface area contributed by atoms with Gasteiger partial charge in [0.1, 0.15) is 17.6 Å². The zero-order valence-electron chi connectivity index (χ0n) is 14.1. The van der Waals surface area contributed by atoms with Gasteiger partial charge in [0.05, 0.1) is 0 Å². The van der Waals surface area contributed by atoms with Crippen molar-refractivity contribution in [2.45, 2.75) is 32.4 Å². The molecule has 2 aromatic rings. The van der Waals surface area contributed by atoms with Crippen LogP contribution in [-0.2, 0) is 6.54 Å². The summed E-state index contributed by atoms with van der Waals surface area (Å²) in [6.07, 6.45) is 6.06. The Labute approximate surface area is 143 Å². The molecule has 3 rings (SSSR count). The van der Waals surface area contributed by atoms with E-state index >= 15 is 0 Å². The molecule has 0 aliphatic carbocycles. The van der Waals surface area contributed by atoms with Crippen LogP contribution >= 0.6 is 0 Å². The predicted octanol–water partition coefficient (Wildman–Crippen LogP) is 2.84. The average Bonchev–Trinajstić information content (AvgIpc) is 2.67. The van der Waals surface area contributed by atoms with Gasteiger partial charge in [-0.05, 0) is 49.2 Å². The molecule has 124 valence electrons. The summed E-state index contributed by atoms with van der Waals surface area (Å²) in [5.41, 5.74) is 1.78. The van der Waals surface area contributed by atoms with Crippen LogP contribution < -0.4 is 4.90 Å². The highest BCUT2D eigenvalue weighted by Crippen LogP contribution is 2.22. The molecule has 0 bridgehead atoms. The summed E-state index contributed by atoms with van der Waals surface area (Å²) in [4.78, 5) is 13.4. The predicted molar refractivity (Wildman–Crippen MR) is 94.5 cm³/mol. The van der Waals surface area contributed by atoms with E-state index < -0.39 is 0 Å². The molecule has 0 radical (unpaired) electrons. The van der Waals surface area contributed by atoms with Crippen molar-refractivity contribution in [2.75, 3.05) is 24.5 Å². The van der Waals surface area contributed by atoms with E-state index in [9.17, 15) is 0 Å². The molecular weight excluding hydrogens is 298 g/mol. The van der Waals surface area contributed by atoms with Crippen LogP contribution in [-0.4, -0.2) is 40.5 Å². The van der Waals surface area contributed by atoms with Crippen molar-refractivity contribution in [3.05, 3.63) is 54.0 Å². The topological polar surface area (TPSA) is 56.1 Å². The third kappa shape index (κ3) is 3.90. The smallest absolute Gasteiger partial charge is 0.142 e. The molecule has 0 aromatic carbocycles. The van der Waals surface area contributed by atoms with Gasteiger partial charge in [0, 0.05) is 38.1 Å². The van der Waals surface area contributed by atoms with Gasteiger partial charge in [-0.25, -0.2) is 4.98 Å². The van der Waals surface area contributed by atoms with E-state index in [0.29, 0.717) is 11.7 Å². The van der Waals surface area contributed by atoms with Crippen LogP contribution in [0.15, 0.2) is 42.7 Å². The second kappa shape index (κ2) is 7.89. The average molecular weight is 321 g/mol. The fourth-order valence-electron chi connectivity index (χ4n) is 3.34. The molecule has 1 atom stereocenters. The quantitative estimate of drug-likeness (QED) is 0.847. The number of pyridine rings is 2. The second-order valence-electron chi connectivity index (χ2n) is 6.15. The Morgan fingerprint density at radius 2 is 2.12 bits per heavy atom. The molecule has 3 heterocycles. The normalized spacial score (nSPS) is 17.7. The molecule has 1 unspecified atom stereocenters. The van der Waals surface area contributed by atoms with E-state index in [2.05, 4.69) is 44.9 Å². The summed E-state index contributed by atoms with van der Waals surface area (Å²) in [5.74, 6) is 0.915. The number of rotatable bonds is 5. The first-order valence-electron chi connectivity index (χ1n) is 8.55. The van der Waals surface area contributed by atoms with Crippen molar-refractivity contribution >= 4 is 5.82 Å². The summed E-state index contributed by atoms with van der Waals surface area (Å²) in [6, 6.07) is 12.5. The Balaban J connectivity index is 1.70. The van der Waals surface area contributed by atoms with Crippen molar-refractivity contribution in [1.29, 1.82) is 5.26 Å². The Morgan fingerprint density at radius 3 is 2.88 bits per heavy atom. The Bertz CT molecular complexity index is 694. The molecule has 2 aromatic heterocycles. The molecule has 5 heteroatoms. The molecule has 0 amide bonds. The van der Waals surface area contributed by atoms with Crippen LogP contribution in [0.4, 0.5) is 5.82 Å². The van der Waals surface area contributed by atoms with Crippen LogP contribution in [0.25, 0.3) is 0 Å². The summed E-state index contributed by atoms with van der Waals surface area (Å²) < 4.78 is 0. The first kappa shape index (κ1) is 16.4. The van der Waals surface area contributed by atoms with Gasteiger partial charge in [-0.3, -0.25) is 9.88 Å². The fraction of sp³-hybridized carbons (Fsp3) is 0.421. The molecule has 0 saturated carbocycles. The highest BCUT2D eigenvalue weighted by Gasteiger charge is 2.25. The highest BCUT2D eigenvalue weighted by atomic mass is 15.3. The Morgan fingerprint density at radius 1 is 1.29 bits per heavy atom. The van der Waals surface area contributed by atoms with Crippen LogP contribution in [0.1, 0.15) is 31.0 Å². The van der Waals surface area contributed by atoms with Gasteiger partial charge < -0.3 is 4.90 Å². The zero-order chi connectivity index (χ0) is 16.8. The number of anilines is 1. The molecule has 5 nitrogen and oxygen atoms in total. The lowest BCUT2D eigenvalue weighted by Crippen LogP contribution is -2.48. The zero-order valence-corrected chi connectivity index (χ0v) is 14.1. The lowest BCUT2D eigenvalue weighted by molar-refractivity contribution is 0.176. The van der Waals surface area contributed by atoms with Gasteiger partial charge in [0.25, 0.3) is 0 Å². The second-order valence-corrected chi connectivity index (χ2v) is 6.15. The monoisotopic (exact) mass is 321 g/mol. The number of piperidine rings is 1. The standard InChI is InChI=1S/C19H23N5/c1-2-23(14-16-8-10-21-11-9-16)18-6-4-12-24(15-18)19-7-3-5-17(13-20)22-19/h3,5,7-11,18H,2,4,6,12,14-15H2,1H3. The van der Waals surface area contributed by atoms with E-state index in [1.807, 2.05) is 24.5 Å². The number of hydrogen-bond acceptors (Lipinski definition) is 5. The number of likely N-dealkylation sites (N-methyl/N-ethyl adjacent to an activating group) is 1. The largest absolute Gasteiger partial charge is 0.355 e. The van der Waals surface area contributed by atoms with Gasteiger partial charge in [-0.15, -0.1) is 0 Å². The molecule has 0 spiro atoms. The third-order valence-corrected chi connectivity index (χ3v) is 4.63. The molecular formula is C19H23N5. The van der Waals surface area contributed by atoms with E-state index in [-0.39, 0.29) is 0 Å². The Hall–Kier alpha value is -2.45. The van der Waals surface area contributed by atoms with Crippen molar-refractivity contribution < 1.29 is 0 Å². The van der Waals surface area contributed by atoms with Crippen molar-refractivity contribution in [1.82, 2.24) is 14.9 Å². The minimum Gasteiger partial charge on any atom is -0.355 e. The maximum Gasteiger partial charge on any atom is 0.142 e. The number of nitriles is 1. The van der Waals surface area contributed by atoms with Gasteiger partial charge in [-0.1, -0.05) is 13.0 Å². The molecule has 1 fully saturated rings. The van der Waals surface area contributed by atoms with Crippen LogP contribution in [0.2, 0.25) is 0 Å². The molecule has 1 aliphatic rings. The lowest BCUT2D eigenvalue weighted by Gasteiger charge is -2.39. The van der Waals surface area contributed by atoms with Crippen molar-refractivity contribution in [3.63, 3.8) is 0 Å². The minimum atomic E-state index is 0.485. The first-order chi connectivity index (χ1) is 11.8. The molecule has 1 aliphatic heterocycles. The summed E-state index contributed by atoms with van der Waals surface area (Å²) in [5, 5.41) is 9.06. The first-order valence-corrected chi connectivity index (χ1v) is 8.55. The van der Waals surface area contributed by atoms with E-state index in [1.54, 1.807) is 6.07 Å². The number of hydrogen-bond donors (Lipinski definition) is 0. The van der Waals surface area contributed by atoms with Gasteiger partial charge in [0.15, 0.2) is 0 Å². The molecule has 24 heavy (non-hydrogen) atoms. The van der Waals surface area contributed by atoms with Crippen LogP contribution in [0.3, 0.4) is 0 Å². The minimum absolute atomic E-state index is 0.485. The SMILES string of the molecule is CCN(Cc1ccncc1)C1CCCN(c2cccc(C#N)n2)C1. The van der Waals surface area contributed by atoms with E-state index in [1.165, 1.54) is 12.0 Å².